The molecule has 17 heavy (non-hydrogen) atoms. The zero-order chi connectivity index (χ0) is 12.5. The molecule has 1 aromatic carbocycles. The number of hydrogen-bond acceptors (Lipinski definition) is 4. The SMILES string of the molecule is CC1OC(=O)C(C)(Cc2ccccc2)OC1=O. The first kappa shape index (κ1) is 11.6. The van der Waals surface area contributed by atoms with Gasteiger partial charge in [0.15, 0.2) is 6.10 Å². The molecule has 0 aliphatic carbocycles. The Morgan fingerprint density at radius 2 is 1.88 bits per heavy atom. The Bertz CT molecular complexity index is 440. The van der Waals surface area contributed by atoms with Crippen molar-refractivity contribution in [3.63, 3.8) is 0 Å². The van der Waals surface area contributed by atoms with Crippen LogP contribution in [0.2, 0.25) is 0 Å². The van der Waals surface area contributed by atoms with Crippen molar-refractivity contribution in [2.24, 2.45) is 0 Å². The summed E-state index contributed by atoms with van der Waals surface area (Å²) >= 11 is 0. The number of carbonyl (C=O) groups is 2. The third kappa shape index (κ3) is 2.30. The van der Waals surface area contributed by atoms with Crippen LogP contribution in [0.5, 0.6) is 0 Å². The third-order valence-electron chi connectivity index (χ3n) is 2.76. The summed E-state index contributed by atoms with van der Waals surface area (Å²) in [7, 11) is 0. The van der Waals surface area contributed by atoms with Crippen LogP contribution in [-0.2, 0) is 25.5 Å². The van der Waals surface area contributed by atoms with E-state index in [1.807, 2.05) is 30.3 Å². The number of rotatable bonds is 2. The van der Waals surface area contributed by atoms with Gasteiger partial charge in [0, 0.05) is 6.42 Å². The van der Waals surface area contributed by atoms with Gasteiger partial charge in [0.25, 0.3) is 0 Å². The van der Waals surface area contributed by atoms with Crippen LogP contribution in [0.3, 0.4) is 0 Å². The molecule has 1 aliphatic rings. The van der Waals surface area contributed by atoms with E-state index in [1.54, 1.807) is 6.92 Å². The Morgan fingerprint density at radius 1 is 1.24 bits per heavy atom. The second-order valence-electron chi connectivity index (χ2n) is 4.36. The van der Waals surface area contributed by atoms with E-state index in [0.29, 0.717) is 6.42 Å². The highest BCUT2D eigenvalue weighted by molar-refractivity contribution is 5.90. The fraction of sp³-hybridized carbons (Fsp3) is 0.385. The van der Waals surface area contributed by atoms with E-state index in [9.17, 15) is 9.59 Å². The Labute approximate surface area is 99.5 Å². The summed E-state index contributed by atoms with van der Waals surface area (Å²) in [6.07, 6.45) is -0.489. The second-order valence-corrected chi connectivity index (χ2v) is 4.36. The van der Waals surface area contributed by atoms with Crippen LogP contribution in [0.4, 0.5) is 0 Å². The van der Waals surface area contributed by atoms with Gasteiger partial charge in [-0.2, -0.15) is 0 Å². The maximum atomic E-state index is 11.8. The van der Waals surface area contributed by atoms with E-state index in [2.05, 4.69) is 0 Å². The van der Waals surface area contributed by atoms with E-state index < -0.39 is 23.6 Å². The third-order valence-corrected chi connectivity index (χ3v) is 2.76. The van der Waals surface area contributed by atoms with Crippen molar-refractivity contribution in [3.05, 3.63) is 35.9 Å². The molecule has 0 aromatic heterocycles. The number of benzene rings is 1. The molecule has 4 heteroatoms. The first-order chi connectivity index (χ1) is 8.01. The highest BCUT2D eigenvalue weighted by Crippen LogP contribution is 2.25. The molecule has 90 valence electrons. The van der Waals surface area contributed by atoms with Gasteiger partial charge in [-0.05, 0) is 19.4 Å². The van der Waals surface area contributed by atoms with Crippen molar-refractivity contribution in [1.82, 2.24) is 0 Å². The van der Waals surface area contributed by atoms with Crippen LogP contribution in [0.25, 0.3) is 0 Å². The molecule has 2 unspecified atom stereocenters. The average Bonchev–Trinajstić information content (AvgIpc) is 2.28. The number of hydrogen-bond donors (Lipinski definition) is 0. The minimum Gasteiger partial charge on any atom is -0.448 e. The van der Waals surface area contributed by atoms with Gasteiger partial charge in [-0.3, -0.25) is 0 Å². The summed E-state index contributed by atoms with van der Waals surface area (Å²) < 4.78 is 10.2. The summed E-state index contributed by atoms with van der Waals surface area (Å²) in [5, 5.41) is 0. The van der Waals surface area contributed by atoms with Gasteiger partial charge >= 0.3 is 11.9 Å². The highest BCUT2D eigenvalue weighted by Gasteiger charge is 2.46. The van der Waals surface area contributed by atoms with Crippen molar-refractivity contribution in [2.45, 2.75) is 32.0 Å². The average molecular weight is 234 g/mol. The lowest BCUT2D eigenvalue weighted by molar-refractivity contribution is -0.207. The monoisotopic (exact) mass is 234 g/mol. The molecule has 1 fully saturated rings. The highest BCUT2D eigenvalue weighted by atomic mass is 16.7. The maximum Gasteiger partial charge on any atom is 0.351 e. The normalized spacial score (nSPS) is 28.5. The molecular formula is C13H14O4. The fourth-order valence-electron chi connectivity index (χ4n) is 1.77. The maximum absolute atomic E-state index is 11.8. The van der Waals surface area contributed by atoms with Gasteiger partial charge in [0.2, 0.25) is 5.60 Å². The zero-order valence-corrected chi connectivity index (χ0v) is 9.80. The molecule has 0 bridgehead atoms. The molecule has 0 amide bonds. The summed E-state index contributed by atoms with van der Waals surface area (Å²) in [6.45, 7) is 3.08. The molecule has 2 rings (SSSR count). The second kappa shape index (κ2) is 4.20. The van der Waals surface area contributed by atoms with E-state index in [4.69, 9.17) is 9.47 Å². The predicted molar refractivity (Wildman–Crippen MR) is 60.2 cm³/mol. The Kier molecular flexibility index (Phi) is 2.88. The first-order valence-electron chi connectivity index (χ1n) is 5.49. The molecule has 1 heterocycles. The minimum atomic E-state index is -1.22. The number of ether oxygens (including phenoxy) is 2. The summed E-state index contributed by atoms with van der Waals surface area (Å²) in [5.41, 5.74) is -0.292. The Balaban J connectivity index is 2.19. The van der Waals surface area contributed by atoms with Gasteiger partial charge in [-0.15, -0.1) is 0 Å². The van der Waals surface area contributed by atoms with Gasteiger partial charge in [0.05, 0.1) is 0 Å². The van der Waals surface area contributed by atoms with E-state index in [-0.39, 0.29) is 0 Å². The summed E-state index contributed by atoms with van der Waals surface area (Å²) in [5.74, 6) is -0.989. The lowest BCUT2D eigenvalue weighted by Gasteiger charge is -2.33. The Hall–Kier alpha value is -1.84. The number of esters is 2. The van der Waals surface area contributed by atoms with Crippen LogP contribution in [0.1, 0.15) is 19.4 Å². The van der Waals surface area contributed by atoms with Crippen molar-refractivity contribution in [2.75, 3.05) is 0 Å². The standard InChI is InChI=1S/C13H14O4/c1-9-11(14)17-13(2,12(15)16-9)8-10-6-4-3-5-7-10/h3-7,9H,8H2,1-2H3. The lowest BCUT2D eigenvalue weighted by atomic mass is 9.95. The van der Waals surface area contributed by atoms with Crippen molar-refractivity contribution in [1.29, 1.82) is 0 Å². The summed E-state index contributed by atoms with van der Waals surface area (Å²) in [4.78, 5) is 23.2. The quantitative estimate of drug-likeness (QED) is 0.727. The van der Waals surface area contributed by atoms with E-state index in [1.165, 1.54) is 6.92 Å². The topological polar surface area (TPSA) is 52.6 Å². The van der Waals surface area contributed by atoms with Crippen LogP contribution in [0, 0.1) is 0 Å². The summed E-state index contributed by atoms with van der Waals surface area (Å²) in [6, 6.07) is 9.39. The smallest absolute Gasteiger partial charge is 0.351 e. The van der Waals surface area contributed by atoms with Crippen LogP contribution < -0.4 is 0 Å². The van der Waals surface area contributed by atoms with Crippen molar-refractivity contribution >= 4 is 11.9 Å². The Morgan fingerprint density at radius 3 is 2.53 bits per heavy atom. The van der Waals surface area contributed by atoms with Crippen molar-refractivity contribution < 1.29 is 19.1 Å². The molecule has 4 nitrogen and oxygen atoms in total. The van der Waals surface area contributed by atoms with Gasteiger partial charge in [-0.1, -0.05) is 30.3 Å². The van der Waals surface area contributed by atoms with E-state index in [0.717, 1.165) is 5.56 Å². The van der Waals surface area contributed by atoms with E-state index >= 15 is 0 Å². The molecule has 0 spiro atoms. The molecule has 0 saturated carbocycles. The van der Waals surface area contributed by atoms with Gasteiger partial charge in [-0.25, -0.2) is 9.59 Å². The number of carbonyl (C=O) groups excluding carboxylic acids is 2. The fourth-order valence-corrected chi connectivity index (χ4v) is 1.77. The molecule has 2 atom stereocenters. The largest absolute Gasteiger partial charge is 0.448 e. The molecule has 1 saturated heterocycles. The minimum absolute atomic E-state index is 0.325. The van der Waals surface area contributed by atoms with Crippen LogP contribution in [-0.4, -0.2) is 23.6 Å². The first-order valence-corrected chi connectivity index (χ1v) is 5.49. The molecule has 1 aliphatic heterocycles. The lowest BCUT2D eigenvalue weighted by Crippen LogP contribution is -2.52. The van der Waals surface area contributed by atoms with Crippen LogP contribution in [0.15, 0.2) is 30.3 Å². The number of cyclic esters (lactones) is 2. The van der Waals surface area contributed by atoms with Crippen LogP contribution >= 0.6 is 0 Å². The molecule has 0 radical (unpaired) electrons. The van der Waals surface area contributed by atoms with Gasteiger partial charge < -0.3 is 9.47 Å². The van der Waals surface area contributed by atoms with Gasteiger partial charge in [0.1, 0.15) is 0 Å². The molecule has 0 N–H and O–H groups in total. The molecular weight excluding hydrogens is 220 g/mol. The van der Waals surface area contributed by atoms with Crippen molar-refractivity contribution in [3.8, 4) is 0 Å². The molecule has 1 aromatic rings. The zero-order valence-electron chi connectivity index (χ0n) is 9.80. The predicted octanol–water partition coefficient (Wildman–Crippen LogP) is 1.48.